The number of benzene rings is 2. The Kier molecular flexibility index (Phi) is 5.09. The maximum atomic E-state index is 11.3. The van der Waals surface area contributed by atoms with Crippen LogP contribution in [0.25, 0.3) is 0 Å². The molecule has 0 saturated heterocycles. The van der Waals surface area contributed by atoms with Gasteiger partial charge < -0.3 is 10.6 Å². The predicted octanol–water partition coefficient (Wildman–Crippen LogP) is 5.24. The van der Waals surface area contributed by atoms with E-state index in [4.69, 9.17) is 0 Å². The van der Waals surface area contributed by atoms with E-state index in [9.17, 15) is 4.79 Å². The van der Waals surface area contributed by atoms with Crippen molar-refractivity contribution in [3.8, 4) is 0 Å². The molecule has 3 aromatic rings. The number of carbonyl (C=O) groups is 1. The van der Waals surface area contributed by atoms with Crippen molar-refractivity contribution in [3.63, 3.8) is 0 Å². The fourth-order valence-corrected chi connectivity index (χ4v) is 2.55. The highest BCUT2D eigenvalue weighted by molar-refractivity contribution is 9.10. The molecule has 0 bridgehead atoms. The van der Waals surface area contributed by atoms with Gasteiger partial charge in [0.15, 0.2) is 5.78 Å². The van der Waals surface area contributed by atoms with Crippen molar-refractivity contribution < 1.29 is 4.79 Å². The molecule has 25 heavy (non-hydrogen) atoms. The Bertz CT molecular complexity index is 892. The summed E-state index contributed by atoms with van der Waals surface area (Å²) in [6.45, 7) is 3.46. The average molecular weight is 397 g/mol. The maximum Gasteiger partial charge on any atom is 0.229 e. The second kappa shape index (κ2) is 7.44. The van der Waals surface area contributed by atoms with Crippen molar-refractivity contribution in [3.05, 3.63) is 70.3 Å². The van der Waals surface area contributed by atoms with E-state index in [1.165, 1.54) is 0 Å². The molecule has 126 valence electrons. The highest BCUT2D eigenvalue weighted by atomic mass is 79.9. The van der Waals surface area contributed by atoms with Gasteiger partial charge in [-0.15, -0.1) is 0 Å². The lowest BCUT2D eigenvalue weighted by Gasteiger charge is -2.10. The molecule has 0 amide bonds. The molecule has 0 aliphatic carbocycles. The summed E-state index contributed by atoms with van der Waals surface area (Å²) in [4.78, 5) is 20.2. The third kappa shape index (κ3) is 4.64. The van der Waals surface area contributed by atoms with Gasteiger partial charge in [-0.2, -0.15) is 4.98 Å². The Morgan fingerprint density at radius 1 is 0.920 bits per heavy atom. The van der Waals surface area contributed by atoms with Crippen LogP contribution < -0.4 is 10.6 Å². The molecule has 0 aliphatic rings. The summed E-state index contributed by atoms with van der Waals surface area (Å²) in [6.07, 6.45) is 0. The van der Waals surface area contributed by atoms with Crippen LogP contribution in [0.1, 0.15) is 23.0 Å². The molecule has 2 aromatic carbocycles. The fraction of sp³-hybridized carbons (Fsp3) is 0.105. The van der Waals surface area contributed by atoms with Gasteiger partial charge in [0, 0.05) is 33.2 Å². The van der Waals surface area contributed by atoms with E-state index in [-0.39, 0.29) is 5.78 Å². The molecule has 5 nitrogen and oxygen atoms in total. The zero-order chi connectivity index (χ0) is 17.8. The zero-order valence-corrected chi connectivity index (χ0v) is 15.5. The van der Waals surface area contributed by atoms with Crippen molar-refractivity contribution >= 4 is 44.9 Å². The second-order valence-electron chi connectivity index (χ2n) is 5.61. The van der Waals surface area contributed by atoms with Crippen LogP contribution in [0, 0.1) is 6.92 Å². The van der Waals surface area contributed by atoms with Gasteiger partial charge in [-0.25, -0.2) is 4.98 Å². The number of nitrogens with zero attached hydrogens (tertiary/aromatic N) is 2. The van der Waals surface area contributed by atoms with Gasteiger partial charge in [0.05, 0.1) is 0 Å². The topological polar surface area (TPSA) is 66.9 Å². The van der Waals surface area contributed by atoms with Gasteiger partial charge in [-0.05, 0) is 62.4 Å². The summed E-state index contributed by atoms with van der Waals surface area (Å²) in [5.74, 6) is 1.24. The van der Waals surface area contributed by atoms with E-state index in [1.807, 2.05) is 49.4 Å². The molecule has 0 unspecified atom stereocenters. The fourth-order valence-electron chi connectivity index (χ4n) is 2.29. The van der Waals surface area contributed by atoms with E-state index in [1.54, 1.807) is 19.1 Å². The number of nitrogens with one attached hydrogen (secondary N) is 2. The molecule has 6 heteroatoms. The summed E-state index contributed by atoms with van der Waals surface area (Å²) in [6, 6.07) is 17.0. The zero-order valence-electron chi connectivity index (χ0n) is 13.9. The molecule has 0 spiro atoms. The highest BCUT2D eigenvalue weighted by Gasteiger charge is 2.05. The van der Waals surface area contributed by atoms with E-state index >= 15 is 0 Å². The standard InChI is InChI=1S/C19H17BrN4O/c1-12-11-18(22-16-9-5-15(20)6-10-16)24-19(21-12)23-17-7-3-14(4-8-17)13(2)25/h3-11H,1-2H3,(H2,21,22,23,24). The van der Waals surface area contributed by atoms with Crippen molar-refractivity contribution in [1.82, 2.24) is 9.97 Å². The third-order valence-electron chi connectivity index (χ3n) is 3.52. The summed E-state index contributed by atoms with van der Waals surface area (Å²) in [7, 11) is 0. The first-order valence-electron chi connectivity index (χ1n) is 7.76. The summed E-state index contributed by atoms with van der Waals surface area (Å²) in [5.41, 5.74) is 3.29. The Balaban J connectivity index is 1.79. The molecule has 1 aromatic heterocycles. The number of halogens is 1. The number of ketones is 1. The lowest BCUT2D eigenvalue weighted by molar-refractivity contribution is 0.101. The van der Waals surface area contributed by atoms with Crippen molar-refractivity contribution in [1.29, 1.82) is 0 Å². The first-order chi connectivity index (χ1) is 12.0. The van der Waals surface area contributed by atoms with E-state index in [2.05, 4.69) is 36.5 Å². The minimum atomic E-state index is 0.0411. The molecular weight excluding hydrogens is 380 g/mol. The third-order valence-corrected chi connectivity index (χ3v) is 4.05. The molecule has 1 heterocycles. The van der Waals surface area contributed by atoms with Crippen LogP contribution in [0.15, 0.2) is 59.1 Å². The van der Waals surface area contributed by atoms with Gasteiger partial charge in [0.25, 0.3) is 0 Å². The second-order valence-corrected chi connectivity index (χ2v) is 6.52. The smallest absolute Gasteiger partial charge is 0.229 e. The molecule has 0 radical (unpaired) electrons. The first kappa shape index (κ1) is 17.1. The quantitative estimate of drug-likeness (QED) is 0.577. The molecular formula is C19H17BrN4O. The van der Waals surface area contributed by atoms with Crippen LogP contribution in [0.3, 0.4) is 0 Å². The largest absolute Gasteiger partial charge is 0.340 e. The maximum absolute atomic E-state index is 11.3. The highest BCUT2D eigenvalue weighted by Crippen LogP contribution is 2.21. The monoisotopic (exact) mass is 396 g/mol. The van der Waals surface area contributed by atoms with E-state index < -0.39 is 0 Å². The normalized spacial score (nSPS) is 10.4. The minimum absolute atomic E-state index is 0.0411. The van der Waals surface area contributed by atoms with Crippen LogP contribution in [0.4, 0.5) is 23.1 Å². The van der Waals surface area contributed by atoms with Crippen LogP contribution >= 0.6 is 15.9 Å². The summed E-state index contributed by atoms with van der Waals surface area (Å²) >= 11 is 3.42. The van der Waals surface area contributed by atoms with Crippen molar-refractivity contribution in [2.24, 2.45) is 0 Å². The van der Waals surface area contributed by atoms with Gasteiger partial charge in [0.1, 0.15) is 5.82 Å². The van der Waals surface area contributed by atoms with Crippen LogP contribution in [-0.4, -0.2) is 15.8 Å². The van der Waals surface area contributed by atoms with Gasteiger partial charge in [-0.3, -0.25) is 4.79 Å². The number of aryl methyl sites for hydroxylation is 1. The van der Waals surface area contributed by atoms with Crippen LogP contribution in [0.5, 0.6) is 0 Å². The molecule has 0 atom stereocenters. The van der Waals surface area contributed by atoms with Gasteiger partial charge in [-0.1, -0.05) is 15.9 Å². The van der Waals surface area contributed by atoms with Crippen LogP contribution in [0.2, 0.25) is 0 Å². The lowest BCUT2D eigenvalue weighted by Crippen LogP contribution is -2.02. The number of anilines is 4. The summed E-state index contributed by atoms with van der Waals surface area (Å²) in [5, 5.41) is 6.43. The Hall–Kier alpha value is -2.73. The summed E-state index contributed by atoms with van der Waals surface area (Å²) < 4.78 is 1.02. The molecule has 0 saturated carbocycles. The molecule has 2 N–H and O–H groups in total. The number of hydrogen-bond acceptors (Lipinski definition) is 5. The lowest BCUT2D eigenvalue weighted by atomic mass is 10.1. The molecule has 0 fully saturated rings. The molecule has 3 rings (SSSR count). The average Bonchev–Trinajstić information content (AvgIpc) is 2.57. The number of Topliss-reactive ketones (excluding diaryl/α,β-unsaturated/α-hetero) is 1. The van der Waals surface area contributed by atoms with Crippen molar-refractivity contribution in [2.75, 3.05) is 10.6 Å². The number of carbonyl (C=O) groups excluding carboxylic acids is 1. The molecule has 0 aliphatic heterocycles. The Morgan fingerprint density at radius 3 is 2.16 bits per heavy atom. The van der Waals surface area contributed by atoms with Crippen molar-refractivity contribution in [2.45, 2.75) is 13.8 Å². The van der Waals surface area contributed by atoms with Crippen LogP contribution in [-0.2, 0) is 0 Å². The number of aromatic nitrogens is 2. The minimum Gasteiger partial charge on any atom is -0.340 e. The first-order valence-corrected chi connectivity index (χ1v) is 8.55. The number of rotatable bonds is 5. The SMILES string of the molecule is CC(=O)c1ccc(Nc2nc(C)cc(Nc3ccc(Br)cc3)n2)cc1. The van der Waals surface area contributed by atoms with Gasteiger partial charge in [0.2, 0.25) is 5.95 Å². The number of hydrogen-bond donors (Lipinski definition) is 2. The predicted molar refractivity (Wildman–Crippen MR) is 104 cm³/mol. The van der Waals surface area contributed by atoms with Gasteiger partial charge >= 0.3 is 0 Å². The van der Waals surface area contributed by atoms with E-state index in [0.29, 0.717) is 17.3 Å². The van der Waals surface area contributed by atoms with E-state index in [0.717, 1.165) is 21.5 Å². The Morgan fingerprint density at radius 2 is 1.52 bits per heavy atom. The Labute approximate surface area is 154 Å².